The van der Waals surface area contributed by atoms with Crippen molar-refractivity contribution in [3.63, 3.8) is 0 Å². The van der Waals surface area contributed by atoms with Gasteiger partial charge in [-0.2, -0.15) is 4.31 Å². The Kier molecular flexibility index (Phi) is 3.34. The molecular formula is C11H15ClN2O2S. The number of hydrogen-bond acceptors (Lipinski definition) is 3. The topological polar surface area (TPSA) is 63.4 Å². The molecule has 0 aliphatic carbocycles. The number of halogens is 1. The summed E-state index contributed by atoms with van der Waals surface area (Å²) in [5, 5.41) is 0.374. The number of nitrogen functional groups attached to an aromatic ring is 1. The van der Waals surface area contributed by atoms with Gasteiger partial charge in [0.2, 0.25) is 10.0 Å². The Morgan fingerprint density at radius 1 is 1.47 bits per heavy atom. The summed E-state index contributed by atoms with van der Waals surface area (Å²) in [7, 11) is -3.42. The van der Waals surface area contributed by atoms with Crippen LogP contribution < -0.4 is 5.73 Å². The number of benzene rings is 1. The lowest BCUT2D eigenvalue weighted by molar-refractivity contribution is 0.464. The van der Waals surface area contributed by atoms with Crippen LogP contribution >= 0.6 is 11.6 Å². The molecule has 1 unspecified atom stereocenters. The molecule has 0 saturated carbocycles. The van der Waals surface area contributed by atoms with Gasteiger partial charge < -0.3 is 5.73 Å². The zero-order valence-corrected chi connectivity index (χ0v) is 11.1. The second kappa shape index (κ2) is 4.48. The zero-order valence-electron chi connectivity index (χ0n) is 9.56. The van der Waals surface area contributed by atoms with Gasteiger partial charge in [0, 0.05) is 13.1 Å². The van der Waals surface area contributed by atoms with Crippen LogP contribution in [0.1, 0.15) is 13.3 Å². The van der Waals surface area contributed by atoms with Gasteiger partial charge in [0.25, 0.3) is 0 Å². The second-order valence-corrected chi connectivity index (χ2v) is 6.79. The lowest BCUT2D eigenvalue weighted by Crippen LogP contribution is -2.28. The summed E-state index contributed by atoms with van der Waals surface area (Å²) < 4.78 is 26.0. The van der Waals surface area contributed by atoms with E-state index in [9.17, 15) is 8.42 Å². The Hall–Kier alpha value is -0.780. The van der Waals surface area contributed by atoms with E-state index < -0.39 is 10.0 Å². The van der Waals surface area contributed by atoms with Crippen LogP contribution in [0.2, 0.25) is 5.02 Å². The maximum absolute atomic E-state index is 12.3. The lowest BCUT2D eigenvalue weighted by Gasteiger charge is -2.16. The molecule has 0 radical (unpaired) electrons. The summed E-state index contributed by atoms with van der Waals surface area (Å²) in [5.41, 5.74) is 5.92. The summed E-state index contributed by atoms with van der Waals surface area (Å²) >= 11 is 5.78. The fourth-order valence-electron chi connectivity index (χ4n) is 1.94. The van der Waals surface area contributed by atoms with Crippen LogP contribution in [0.4, 0.5) is 5.69 Å². The van der Waals surface area contributed by atoms with Gasteiger partial charge in [-0.3, -0.25) is 0 Å². The maximum Gasteiger partial charge on any atom is 0.243 e. The van der Waals surface area contributed by atoms with Crippen LogP contribution in [0, 0.1) is 5.92 Å². The third-order valence-corrected chi connectivity index (χ3v) is 5.20. The van der Waals surface area contributed by atoms with Crippen molar-refractivity contribution in [3.8, 4) is 0 Å². The predicted molar refractivity (Wildman–Crippen MR) is 68.4 cm³/mol. The lowest BCUT2D eigenvalue weighted by atomic mass is 10.2. The van der Waals surface area contributed by atoms with Gasteiger partial charge in [-0.25, -0.2) is 8.42 Å². The maximum atomic E-state index is 12.3. The average molecular weight is 275 g/mol. The van der Waals surface area contributed by atoms with E-state index in [2.05, 4.69) is 0 Å². The quantitative estimate of drug-likeness (QED) is 0.839. The van der Waals surface area contributed by atoms with Crippen LogP contribution in [-0.4, -0.2) is 25.8 Å². The van der Waals surface area contributed by atoms with Crippen molar-refractivity contribution in [2.75, 3.05) is 18.8 Å². The predicted octanol–water partition coefficient (Wildman–Crippen LogP) is 1.95. The minimum atomic E-state index is -3.42. The van der Waals surface area contributed by atoms with Crippen LogP contribution in [-0.2, 0) is 10.0 Å². The summed E-state index contributed by atoms with van der Waals surface area (Å²) in [5.74, 6) is 0.412. The first-order valence-corrected chi connectivity index (χ1v) is 7.28. The third kappa shape index (κ3) is 2.41. The molecule has 0 bridgehead atoms. The fraction of sp³-hybridized carbons (Fsp3) is 0.455. The molecule has 94 valence electrons. The SMILES string of the molecule is CC1CCN(S(=O)(=O)c2ccc(Cl)c(N)c2)C1. The monoisotopic (exact) mass is 274 g/mol. The summed E-state index contributed by atoms with van der Waals surface area (Å²) in [6, 6.07) is 4.43. The van der Waals surface area contributed by atoms with Crippen LogP contribution in [0.5, 0.6) is 0 Å². The number of rotatable bonds is 2. The molecule has 2 rings (SSSR count). The molecule has 2 N–H and O–H groups in total. The minimum absolute atomic E-state index is 0.216. The summed E-state index contributed by atoms with van der Waals surface area (Å²) in [6.45, 7) is 3.20. The highest BCUT2D eigenvalue weighted by atomic mass is 35.5. The normalized spacial score (nSPS) is 21.9. The zero-order chi connectivity index (χ0) is 12.6. The number of nitrogens with zero attached hydrogens (tertiary/aromatic N) is 1. The Morgan fingerprint density at radius 2 is 2.18 bits per heavy atom. The first-order chi connectivity index (χ1) is 7.91. The van der Waals surface area contributed by atoms with Gasteiger partial charge in [-0.05, 0) is 30.5 Å². The molecule has 0 amide bonds. The highest BCUT2D eigenvalue weighted by Crippen LogP contribution is 2.27. The highest BCUT2D eigenvalue weighted by molar-refractivity contribution is 7.89. The Labute approximate surface area is 106 Å². The first-order valence-electron chi connectivity index (χ1n) is 5.46. The molecule has 1 fully saturated rings. The Morgan fingerprint density at radius 3 is 2.71 bits per heavy atom. The molecule has 6 heteroatoms. The van der Waals surface area contributed by atoms with Crippen molar-refractivity contribution in [1.82, 2.24) is 4.31 Å². The van der Waals surface area contributed by atoms with Crippen LogP contribution in [0.3, 0.4) is 0 Å². The molecule has 1 saturated heterocycles. The van der Waals surface area contributed by atoms with Gasteiger partial charge in [0.05, 0.1) is 15.6 Å². The van der Waals surface area contributed by atoms with Crippen molar-refractivity contribution >= 4 is 27.3 Å². The Bertz CT molecular complexity index is 530. The molecule has 0 spiro atoms. The fourth-order valence-corrected chi connectivity index (χ4v) is 3.67. The van der Waals surface area contributed by atoms with E-state index in [0.717, 1.165) is 6.42 Å². The number of hydrogen-bond donors (Lipinski definition) is 1. The first kappa shape index (κ1) is 12.7. The third-order valence-electron chi connectivity index (χ3n) is 2.99. The van der Waals surface area contributed by atoms with Crippen molar-refractivity contribution in [2.24, 2.45) is 5.92 Å². The average Bonchev–Trinajstić information content (AvgIpc) is 2.69. The van der Waals surface area contributed by atoms with Gasteiger partial charge >= 0.3 is 0 Å². The van der Waals surface area contributed by atoms with Crippen molar-refractivity contribution in [2.45, 2.75) is 18.2 Å². The molecule has 0 aromatic heterocycles. The molecule has 1 aromatic rings. The molecular weight excluding hydrogens is 260 g/mol. The largest absolute Gasteiger partial charge is 0.397 e. The van der Waals surface area contributed by atoms with E-state index in [0.29, 0.717) is 29.7 Å². The van der Waals surface area contributed by atoms with Gasteiger partial charge in [0.15, 0.2) is 0 Å². The van der Waals surface area contributed by atoms with Gasteiger partial charge in [-0.1, -0.05) is 18.5 Å². The molecule has 17 heavy (non-hydrogen) atoms. The molecule has 1 aromatic carbocycles. The van der Waals surface area contributed by atoms with E-state index in [1.807, 2.05) is 6.92 Å². The van der Waals surface area contributed by atoms with Gasteiger partial charge in [0.1, 0.15) is 0 Å². The molecule has 1 heterocycles. The van der Waals surface area contributed by atoms with E-state index in [-0.39, 0.29) is 4.90 Å². The summed E-state index contributed by atoms with van der Waals surface area (Å²) in [6.07, 6.45) is 0.905. The number of nitrogens with two attached hydrogens (primary N) is 1. The van der Waals surface area contributed by atoms with Crippen LogP contribution in [0.15, 0.2) is 23.1 Å². The number of sulfonamides is 1. The van der Waals surface area contributed by atoms with Crippen molar-refractivity contribution in [3.05, 3.63) is 23.2 Å². The molecule has 1 aliphatic rings. The van der Waals surface area contributed by atoms with Crippen molar-refractivity contribution in [1.29, 1.82) is 0 Å². The van der Waals surface area contributed by atoms with Crippen molar-refractivity contribution < 1.29 is 8.42 Å². The van der Waals surface area contributed by atoms with E-state index in [1.54, 1.807) is 0 Å². The Balaban J connectivity index is 2.35. The molecule has 1 atom stereocenters. The smallest absolute Gasteiger partial charge is 0.243 e. The summed E-state index contributed by atoms with van der Waals surface area (Å²) in [4.78, 5) is 0.216. The standard InChI is InChI=1S/C11H15ClN2O2S/c1-8-4-5-14(7-8)17(15,16)9-2-3-10(12)11(13)6-9/h2-3,6,8H,4-5,7,13H2,1H3. The number of anilines is 1. The van der Waals surface area contributed by atoms with Crippen LogP contribution in [0.25, 0.3) is 0 Å². The van der Waals surface area contributed by atoms with E-state index >= 15 is 0 Å². The molecule has 1 aliphatic heterocycles. The minimum Gasteiger partial charge on any atom is -0.397 e. The van der Waals surface area contributed by atoms with Gasteiger partial charge in [-0.15, -0.1) is 0 Å². The molecule has 4 nitrogen and oxygen atoms in total. The highest BCUT2D eigenvalue weighted by Gasteiger charge is 2.30. The van der Waals surface area contributed by atoms with E-state index in [4.69, 9.17) is 17.3 Å². The van der Waals surface area contributed by atoms with E-state index in [1.165, 1.54) is 22.5 Å². The second-order valence-electron chi connectivity index (χ2n) is 4.44.